The van der Waals surface area contributed by atoms with E-state index in [-0.39, 0.29) is 69.1 Å². The maximum Gasteiger partial charge on any atom is 2.00 e. The van der Waals surface area contributed by atoms with Crippen LogP contribution >= 0.6 is 0 Å². The van der Waals surface area contributed by atoms with E-state index in [4.69, 9.17) is 58.8 Å². The molecule has 8 aromatic rings. The van der Waals surface area contributed by atoms with E-state index in [9.17, 15) is 0 Å². The van der Waals surface area contributed by atoms with Crippen LogP contribution in [0.2, 0.25) is 0 Å². The average molecular weight is 1320 g/mol. The van der Waals surface area contributed by atoms with Gasteiger partial charge in [-0.3, -0.25) is 17.9 Å². The molecule has 0 amide bonds. The molecule has 0 saturated heterocycles. The minimum Gasteiger partial charge on any atom is -1.00 e. The summed E-state index contributed by atoms with van der Waals surface area (Å²) in [6.07, 6.45) is 11.9. The first-order chi connectivity index (χ1) is 40.1. The summed E-state index contributed by atoms with van der Waals surface area (Å²) in [5, 5.41) is 1.32. The van der Waals surface area contributed by atoms with Crippen molar-refractivity contribution in [3.8, 4) is 57.3 Å². The molecule has 2 aromatic heterocycles. The Balaban J connectivity index is 0.00000205. The fourth-order valence-corrected chi connectivity index (χ4v) is 10.8. The fraction of sp³-hybridized carbons (Fsp3) is 0.206. The van der Waals surface area contributed by atoms with Gasteiger partial charge < -0.3 is 98.5 Å². The second kappa shape index (κ2) is 25.6. The van der Waals surface area contributed by atoms with Crippen LogP contribution in [0.4, 0.5) is 22.7 Å². The van der Waals surface area contributed by atoms with Crippen LogP contribution < -0.4 is 107 Å². The second-order valence-corrected chi connectivity index (χ2v) is 25.0. The molecule has 6 aromatic carbocycles. The molecule has 16 nitrogen and oxygen atoms in total. The smallest absolute Gasteiger partial charge is 1.00 e. The van der Waals surface area contributed by atoms with Crippen molar-refractivity contribution in [1.82, 2.24) is 57.8 Å². The van der Waals surface area contributed by atoms with E-state index >= 15 is 0 Å². The van der Waals surface area contributed by atoms with Crippen LogP contribution in [0.3, 0.4) is 0 Å². The number of fused-ring (bicyclic) bond motifs is 18. The van der Waals surface area contributed by atoms with Gasteiger partial charge in [-0.05, 0) is 83.8 Å². The first-order valence-corrected chi connectivity index (χ1v) is 28.0. The standard InChI is InChI=1S/C68H66N12O4.4ClH.Zn/c1-77(2,3)41-21-13-25-45(37-41)81-53-33-17-29-49-57(53)65-69-61(49)74-66-59-51(31-19-35-55(59)83-47-27-15-23-43(39-47)79(7,8)9)63(71-66)76-68-60-52(32-20-36-56(60)84-48-28-16-24-44(40-48)80(10,11)12)64(72-68)75-67-58-50(62(70-67)73-65)30-18-34-54(58)82-46-26-14-22-42(38-46)78(4,5)6;;;;;/h13-40,49,59H,1-12H3;4*1H;/q+2;;;;;+2/p-4. The molecule has 0 radical (unpaired) electrons. The molecule has 452 valence electrons. The molecule has 5 aliphatic rings. The average Bonchev–Trinajstić information content (AvgIpc) is 2.01. The summed E-state index contributed by atoms with van der Waals surface area (Å²) >= 11 is 0. The van der Waals surface area contributed by atoms with Gasteiger partial charge in [0, 0.05) is 69.3 Å². The third-order valence-electron chi connectivity index (χ3n) is 15.3. The molecule has 89 heavy (non-hydrogen) atoms. The van der Waals surface area contributed by atoms with Gasteiger partial charge in [-0.25, -0.2) is 9.97 Å². The second-order valence-electron chi connectivity index (χ2n) is 25.0. The molecule has 8 bridgehead atoms. The molecule has 2 unspecified atom stereocenters. The summed E-state index contributed by atoms with van der Waals surface area (Å²) in [6, 6.07) is 44.2. The number of aromatic nitrogens is 8. The number of rotatable bonds is 12. The molecule has 3 aliphatic heterocycles. The van der Waals surface area contributed by atoms with Crippen molar-refractivity contribution in [2.45, 2.75) is 11.8 Å². The molecule has 2 aliphatic carbocycles. The number of allylic oxidation sites excluding steroid dienone is 8. The zero-order chi connectivity index (χ0) is 58.5. The molecular formula is C68H66Cl4N12O4Zn. The van der Waals surface area contributed by atoms with Crippen molar-refractivity contribution in [3.63, 3.8) is 0 Å². The molecule has 0 spiro atoms. The Morgan fingerprint density at radius 1 is 0.461 bits per heavy atom. The number of hydrogen-bond donors (Lipinski definition) is 0. The summed E-state index contributed by atoms with van der Waals surface area (Å²) in [4.78, 5) is 43.1. The number of nitrogens with zero attached hydrogens (tertiary/aromatic N) is 12. The maximum atomic E-state index is 6.92. The Hall–Kier alpha value is -7.80. The number of quaternary nitrogens is 4. The molecule has 21 heteroatoms. The van der Waals surface area contributed by atoms with Gasteiger partial charge in [-0.2, -0.15) is 0 Å². The van der Waals surface area contributed by atoms with Crippen LogP contribution in [0.25, 0.3) is 56.0 Å². The van der Waals surface area contributed by atoms with E-state index in [0.717, 1.165) is 28.3 Å². The fourth-order valence-electron chi connectivity index (χ4n) is 10.8. The predicted octanol–water partition coefficient (Wildman–Crippen LogP) is -1.32. The number of halogens is 4. The van der Waals surface area contributed by atoms with Gasteiger partial charge in [0.05, 0.1) is 119 Å². The summed E-state index contributed by atoms with van der Waals surface area (Å²) in [5.41, 5.74) is 8.56. The van der Waals surface area contributed by atoms with Crippen LogP contribution in [-0.2, 0) is 19.5 Å². The van der Waals surface area contributed by atoms with Crippen LogP contribution in [-0.4, -0.2) is 114 Å². The minimum atomic E-state index is -0.593. The Morgan fingerprint density at radius 2 is 0.989 bits per heavy atom. The van der Waals surface area contributed by atoms with E-state index in [1.165, 1.54) is 0 Å². The Bertz CT molecular complexity index is 4550. The van der Waals surface area contributed by atoms with Crippen molar-refractivity contribution < 1.29 is 88.1 Å². The van der Waals surface area contributed by atoms with Crippen molar-refractivity contribution in [2.75, 3.05) is 84.6 Å². The molecule has 2 atom stereocenters. The summed E-state index contributed by atoms with van der Waals surface area (Å²) in [6.45, 7) is 0. The van der Waals surface area contributed by atoms with Crippen LogP contribution in [0.1, 0.15) is 23.5 Å². The van der Waals surface area contributed by atoms with Gasteiger partial charge in [0.1, 0.15) is 68.8 Å². The van der Waals surface area contributed by atoms with Crippen molar-refractivity contribution >= 4 is 56.0 Å². The molecule has 0 saturated carbocycles. The van der Waals surface area contributed by atoms with Crippen LogP contribution in [0, 0.1) is 0 Å². The van der Waals surface area contributed by atoms with E-state index in [1.807, 2.05) is 115 Å². The minimum absolute atomic E-state index is 0. The first kappa shape index (κ1) is 67.1. The summed E-state index contributed by atoms with van der Waals surface area (Å²) in [7, 11) is 25.5. The van der Waals surface area contributed by atoms with Gasteiger partial charge in [-0.15, -0.1) is 0 Å². The first-order valence-electron chi connectivity index (χ1n) is 28.0. The maximum absolute atomic E-state index is 6.92. The Kier molecular flexibility index (Phi) is 19.3. The SMILES string of the molecule is C[N+](C)(C)c1cccc(OC2=CC=CC3C2=c2nc4nc(nc5[n-]c(nc6nc(nc3[n-]2)C2C(Oc3cccc([N+](C)(C)C)c3)=CC=CC=62)c2c(Oc3cccc([N+](C)(C)C)c3)cccc52)-c2c(Oc3cccc([N+](C)(C)C)c3)cccc2-4)c1.[Cl-].[Cl-].[Cl-].[Cl-].[Zn+2]. The largest absolute Gasteiger partial charge is 2.00 e. The van der Waals surface area contributed by atoms with Gasteiger partial charge in [0.25, 0.3) is 0 Å². The Labute approximate surface area is 555 Å². The summed E-state index contributed by atoms with van der Waals surface area (Å²) in [5.74, 6) is 5.41. The Morgan fingerprint density at radius 3 is 1.57 bits per heavy atom. The van der Waals surface area contributed by atoms with Crippen molar-refractivity contribution in [3.05, 3.63) is 204 Å². The monoisotopic (exact) mass is 1320 g/mol. The zero-order valence-electron chi connectivity index (χ0n) is 51.5. The molecular weight excluding hydrogens is 1260 g/mol. The van der Waals surface area contributed by atoms with E-state index in [2.05, 4.69) is 139 Å². The van der Waals surface area contributed by atoms with Crippen molar-refractivity contribution in [2.24, 2.45) is 0 Å². The molecule has 5 heterocycles. The quantitative estimate of drug-likeness (QED) is 0.106. The number of ether oxygens (including phenoxy) is 4. The molecule has 0 fully saturated rings. The van der Waals surface area contributed by atoms with E-state index in [0.29, 0.717) is 137 Å². The van der Waals surface area contributed by atoms with Gasteiger partial charge in [0.15, 0.2) is 0 Å². The van der Waals surface area contributed by atoms with E-state index < -0.39 is 11.8 Å². The van der Waals surface area contributed by atoms with E-state index in [1.54, 1.807) is 0 Å². The topological polar surface area (TPSA) is 142 Å². The predicted molar refractivity (Wildman–Crippen MR) is 335 cm³/mol. The van der Waals surface area contributed by atoms with Gasteiger partial charge in [0.2, 0.25) is 0 Å². The normalized spacial score (nSPS) is 15.2. The number of benzene rings is 6. The van der Waals surface area contributed by atoms with Crippen LogP contribution in [0.15, 0.2) is 181 Å². The van der Waals surface area contributed by atoms with Gasteiger partial charge >= 0.3 is 19.5 Å². The zero-order valence-corrected chi connectivity index (χ0v) is 57.5. The van der Waals surface area contributed by atoms with Gasteiger partial charge in [-0.1, -0.05) is 72.8 Å². The summed E-state index contributed by atoms with van der Waals surface area (Å²) < 4.78 is 30.0. The molecule has 0 N–H and O–H groups in total. The van der Waals surface area contributed by atoms with Crippen molar-refractivity contribution in [1.29, 1.82) is 0 Å². The molecule has 13 rings (SSSR count). The third-order valence-corrected chi connectivity index (χ3v) is 15.3. The van der Waals surface area contributed by atoms with Crippen LogP contribution in [0.5, 0.6) is 34.5 Å². The number of hydrogen-bond acceptors (Lipinski definition) is 10. The third kappa shape index (κ3) is 13.3.